The van der Waals surface area contributed by atoms with Crippen LogP contribution in [-0.4, -0.2) is 34.8 Å². The monoisotopic (exact) mass is 538 g/mol. The zero-order valence-corrected chi connectivity index (χ0v) is 21.1. The first kappa shape index (κ1) is 27.2. The van der Waals surface area contributed by atoms with Crippen LogP contribution in [0.1, 0.15) is 22.9 Å². The lowest BCUT2D eigenvalue weighted by molar-refractivity contribution is -0.204. The van der Waals surface area contributed by atoms with Gasteiger partial charge in [0.15, 0.2) is 0 Å². The van der Waals surface area contributed by atoms with Crippen molar-refractivity contribution in [3.05, 3.63) is 108 Å². The van der Waals surface area contributed by atoms with E-state index in [0.29, 0.717) is 23.4 Å². The normalized spacial score (nSPS) is 11.9. The second-order valence-electron chi connectivity index (χ2n) is 8.56. The number of nitrogens with one attached hydrogen (secondary N) is 1. The highest BCUT2D eigenvalue weighted by atomic mass is 19.4. The fourth-order valence-electron chi connectivity index (χ4n) is 4.09. The molecule has 1 unspecified atom stereocenters. The molecule has 0 aliphatic rings. The largest absolute Gasteiger partial charge is 0.494 e. The number of amides is 2. The van der Waals surface area contributed by atoms with Crippen molar-refractivity contribution in [2.75, 3.05) is 12.0 Å². The van der Waals surface area contributed by atoms with E-state index in [4.69, 9.17) is 4.74 Å². The summed E-state index contributed by atoms with van der Waals surface area (Å²) >= 11 is 0. The molecule has 1 N–H and O–H groups in total. The van der Waals surface area contributed by atoms with E-state index in [1.54, 1.807) is 65.0 Å². The minimum Gasteiger partial charge on any atom is -0.494 e. The van der Waals surface area contributed by atoms with Gasteiger partial charge in [0.2, 0.25) is 0 Å². The molecule has 1 aromatic heterocycles. The summed E-state index contributed by atoms with van der Waals surface area (Å²) in [6.45, 7) is 1.83. The zero-order chi connectivity index (χ0) is 28.0. The quantitative estimate of drug-likeness (QED) is 0.305. The molecule has 0 bridgehead atoms. The van der Waals surface area contributed by atoms with Gasteiger partial charge in [0, 0.05) is 12.3 Å². The molecule has 1 heterocycles. The lowest BCUT2D eigenvalue weighted by Gasteiger charge is -2.32. The Morgan fingerprint density at radius 1 is 1.03 bits per heavy atom. The average Bonchev–Trinajstić information content (AvgIpc) is 3.37. The highest BCUT2D eigenvalue weighted by Gasteiger charge is 2.42. The number of nitrogens with zero attached hydrogens (tertiary/aromatic N) is 3. The average molecular weight is 539 g/mol. The van der Waals surface area contributed by atoms with Gasteiger partial charge in [-0.1, -0.05) is 60.7 Å². The summed E-state index contributed by atoms with van der Waals surface area (Å²) in [5, 5.41) is 0. The van der Waals surface area contributed by atoms with Crippen LogP contribution < -0.4 is 15.1 Å². The van der Waals surface area contributed by atoms with Crippen molar-refractivity contribution in [1.82, 2.24) is 15.0 Å². The van der Waals surface area contributed by atoms with Gasteiger partial charge in [0.05, 0.1) is 36.5 Å². The molecule has 202 valence electrons. The van der Waals surface area contributed by atoms with E-state index < -0.39 is 24.2 Å². The number of halogens is 3. The molecule has 0 aliphatic heterocycles. The van der Waals surface area contributed by atoms with Crippen molar-refractivity contribution < 1.29 is 32.3 Å². The molecule has 4 rings (SSSR count). The third-order valence-corrected chi connectivity index (χ3v) is 5.88. The third kappa shape index (κ3) is 6.56. The van der Waals surface area contributed by atoms with Crippen LogP contribution in [0.5, 0.6) is 5.75 Å². The van der Waals surface area contributed by atoms with Crippen LogP contribution in [0.25, 0.3) is 5.69 Å². The first-order valence-corrected chi connectivity index (χ1v) is 11.8. The number of imidazole rings is 1. The summed E-state index contributed by atoms with van der Waals surface area (Å²) in [6.07, 6.45) is -1.58. The molecule has 3 aromatic carbocycles. The summed E-state index contributed by atoms with van der Waals surface area (Å²) in [7, 11) is 1.46. The van der Waals surface area contributed by atoms with Crippen molar-refractivity contribution in [2.45, 2.75) is 25.6 Å². The van der Waals surface area contributed by atoms with Gasteiger partial charge in [-0.3, -0.25) is 4.90 Å². The van der Waals surface area contributed by atoms with E-state index in [9.17, 15) is 22.8 Å². The molecular weight excluding hydrogens is 513 g/mol. The Bertz CT molecular complexity index is 1430. The minimum atomic E-state index is -5.28. The molecule has 8 nitrogen and oxygen atoms in total. The Morgan fingerprint density at radius 3 is 2.28 bits per heavy atom. The predicted octanol–water partition coefficient (Wildman–Crippen LogP) is 5.71. The Kier molecular flexibility index (Phi) is 8.18. The molecule has 4 aromatic rings. The molecule has 2 amide bonds. The van der Waals surface area contributed by atoms with Crippen molar-refractivity contribution in [2.24, 2.45) is 0 Å². The maximum atomic E-state index is 13.5. The van der Waals surface area contributed by atoms with Gasteiger partial charge in [0.1, 0.15) is 5.75 Å². The number of hydroxylamine groups is 1. The Labute approximate surface area is 222 Å². The van der Waals surface area contributed by atoms with Crippen LogP contribution in [0.15, 0.2) is 91.4 Å². The van der Waals surface area contributed by atoms with Gasteiger partial charge in [-0.15, -0.1) is 0 Å². The van der Waals surface area contributed by atoms with Crippen molar-refractivity contribution >= 4 is 17.7 Å². The van der Waals surface area contributed by atoms with Crippen LogP contribution >= 0.6 is 0 Å². The number of aromatic nitrogens is 2. The minimum absolute atomic E-state index is 0.290. The van der Waals surface area contributed by atoms with Gasteiger partial charge in [-0.25, -0.2) is 14.6 Å². The Balaban J connectivity index is 1.80. The smallest absolute Gasteiger partial charge is 0.493 e. The van der Waals surface area contributed by atoms with Crippen molar-refractivity contribution in [3.63, 3.8) is 0 Å². The summed E-state index contributed by atoms with van der Waals surface area (Å²) in [5.41, 5.74) is 4.94. The first-order valence-electron chi connectivity index (χ1n) is 11.8. The molecule has 11 heteroatoms. The topological polar surface area (TPSA) is 85.7 Å². The molecule has 0 saturated carbocycles. The fraction of sp³-hybridized carbons (Fsp3) is 0.179. The van der Waals surface area contributed by atoms with Gasteiger partial charge < -0.3 is 14.1 Å². The van der Waals surface area contributed by atoms with E-state index in [-0.39, 0.29) is 5.69 Å². The number of ether oxygens (including phenoxy) is 1. The predicted molar refractivity (Wildman–Crippen MR) is 137 cm³/mol. The highest BCUT2D eigenvalue weighted by molar-refractivity contribution is 5.93. The van der Waals surface area contributed by atoms with Gasteiger partial charge in [0.25, 0.3) is 0 Å². The van der Waals surface area contributed by atoms with Crippen LogP contribution in [0.2, 0.25) is 0 Å². The van der Waals surface area contributed by atoms with Crippen LogP contribution in [0.4, 0.5) is 23.7 Å². The van der Waals surface area contributed by atoms with Crippen molar-refractivity contribution in [1.29, 1.82) is 0 Å². The molecule has 0 aliphatic carbocycles. The molecule has 0 spiro atoms. The van der Waals surface area contributed by atoms with Gasteiger partial charge in [-0.05, 0) is 36.6 Å². The number of rotatable bonds is 7. The summed E-state index contributed by atoms with van der Waals surface area (Å²) in [6, 6.07) is 21.4. The van der Waals surface area contributed by atoms with Crippen LogP contribution in [0, 0.1) is 6.92 Å². The Hall–Kier alpha value is -4.80. The SMILES string of the molecule is COc1cc(N(C(=O)NOC(=O)C(F)(F)F)C(Cc2ccccc2)c2ccccc2)ccc1-n1cnc(C)c1. The summed E-state index contributed by atoms with van der Waals surface area (Å²) in [5.74, 6) is -2.17. The van der Waals surface area contributed by atoms with E-state index in [1.165, 1.54) is 12.0 Å². The maximum absolute atomic E-state index is 13.5. The molecule has 0 radical (unpaired) electrons. The summed E-state index contributed by atoms with van der Waals surface area (Å²) in [4.78, 5) is 34.4. The summed E-state index contributed by atoms with van der Waals surface area (Å²) < 4.78 is 45.7. The molecular formula is C28H25F3N4O4. The van der Waals surface area contributed by atoms with Crippen LogP contribution in [0.3, 0.4) is 0 Å². The van der Waals surface area contributed by atoms with E-state index in [2.05, 4.69) is 9.82 Å². The maximum Gasteiger partial charge on any atom is 0.493 e. The van der Waals surface area contributed by atoms with E-state index in [1.807, 2.05) is 43.3 Å². The van der Waals surface area contributed by atoms with Crippen LogP contribution in [-0.2, 0) is 16.1 Å². The number of urea groups is 1. The second kappa shape index (κ2) is 11.7. The third-order valence-electron chi connectivity index (χ3n) is 5.88. The number of carbonyl (C=O) groups is 2. The van der Waals surface area contributed by atoms with Gasteiger partial charge >= 0.3 is 18.2 Å². The number of aryl methyl sites for hydroxylation is 1. The molecule has 0 saturated heterocycles. The van der Waals surface area contributed by atoms with E-state index in [0.717, 1.165) is 11.3 Å². The first-order chi connectivity index (χ1) is 18.7. The Morgan fingerprint density at radius 2 is 1.69 bits per heavy atom. The number of carbonyl (C=O) groups excluding carboxylic acids is 2. The fourth-order valence-corrected chi connectivity index (χ4v) is 4.09. The van der Waals surface area contributed by atoms with E-state index >= 15 is 0 Å². The second-order valence-corrected chi connectivity index (χ2v) is 8.56. The molecule has 39 heavy (non-hydrogen) atoms. The lowest BCUT2D eigenvalue weighted by atomic mass is 9.97. The number of methoxy groups -OCH3 is 1. The standard InChI is InChI=1S/C28H25F3N4O4/c1-19-17-34(18-32-19)23-14-13-22(16-25(23)38-2)35(27(37)33-39-26(36)28(29,30)31)24(21-11-7-4-8-12-21)15-20-9-5-3-6-10-20/h3-14,16-18,24H,15H2,1-2H3,(H,33,37). The van der Waals surface area contributed by atoms with Gasteiger partial charge in [-0.2, -0.15) is 18.7 Å². The number of anilines is 1. The number of benzene rings is 3. The number of hydrogen-bond acceptors (Lipinski definition) is 5. The number of hydrogen-bond donors (Lipinski definition) is 1. The van der Waals surface area contributed by atoms with Crippen molar-refractivity contribution in [3.8, 4) is 11.4 Å². The molecule has 0 fully saturated rings. The zero-order valence-electron chi connectivity index (χ0n) is 21.1. The molecule has 1 atom stereocenters. The highest BCUT2D eigenvalue weighted by Crippen LogP contribution is 2.35. The lowest BCUT2D eigenvalue weighted by Crippen LogP contribution is -2.45. The number of alkyl halides is 3.